The molecule has 1 unspecified atom stereocenters. The molecule has 6 nitrogen and oxygen atoms in total. The van der Waals surface area contributed by atoms with Crippen LogP contribution in [0.1, 0.15) is 45.4 Å². The van der Waals surface area contributed by atoms with Gasteiger partial charge >= 0.3 is 0 Å². The lowest BCUT2D eigenvalue weighted by atomic mass is 9.88. The average molecular weight is 411 g/mol. The number of carbonyl (C=O) groups is 1. The second-order valence-corrected chi connectivity index (χ2v) is 7.29. The van der Waals surface area contributed by atoms with E-state index in [-0.39, 0.29) is 11.8 Å². The molecule has 2 aromatic rings. The summed E-state index contributed by atoms with van der Waals surface area (Å²) in [4.78, 5) is 22.4. The van der Waals surface area contributed by atoms with Crippen LogP contribution in [0.3, 0.4) is 0 Å². The summed E-state index contributed by atoms with van der Waals surface area (Å²) in [5.41, 5.74) is 3.25. The molecule has 1 atom stereocenters. The minimum atomic E-state index is -0.244. The van der Waals surface area contributed by atoms with Crippen LogP contribution in [0.25, 0.3) is 0 Å². The summed E-state index contributed by atoms with van der Waals surface area (Å²) in [6, 6.07) is 7.72. The smallest absolute Gasteiger partial charge is 0.287 e. The quantitative estimate of drug-likeness (QED) is 0.685. The van der Waals surface area contributed by atoms with E-state index in [1.165, 1.54) is 17.5 Å². The van der Waals surface area contributed by atoms with Crippen molar-refractivity contribution in [3.63, 3.8) is 0 Å². The van der Waals surface area contributed by atoms with Gasteiger partial charge in [0.05, 0.1) is 22.7 Å². The molecular formula is C22H26N4O2S. The molecule has 0 fully saturated rings. The number of nitrogens with one attached hydrogen (secondary N) is 2. The summed E-state index contributed by atoms with van der Waals surface area (Å²) >= 11 is 1.39. The van der Waals surface area contributed by atoms with E-state index in [1.54, 1.807) is 12.5 Å². The normalized spacial score (nSPS) is 16.0. The maximum Gasteiger partial charge on any atom is 0.287 e. The fourth-order valence-electron chi connectivity index (χ4n) is 3.21. The van der Waals surface area contributed by atoms with Crippen LogP contribution >= 0.6 is 11.9 Å². The highest BCUT2D eigenvalue weighted by atomic mass is 32.2. The molecule has 2 heterocycles. The molecule has 0 radical (unpaired) electrons. The van der Waals surface area contributed by atoms with E-state index in [0.717, 1.165) is 29.0 Å². The molecule has 1 aliphatic heterocycles. The number of rotatable bonds is 5. The molecule has 0 saturated heterocycles. The summed E-state index contributed by atoms with van der Waals surface area (Å²) in [6.45, 7) is 6.51. The summed E-state index contributed by atoms with van der Waals surface area (Å²) < 4.78 is 8.55. The Kier molecular flexibility index (Phi) is 7.30. The topological polar surface area (TPSA) is 79.5 Å². The van der Waals surface area contributed by atoms with Crippen LogP contribution in [-0.2, 0) is 4.79 Å². The minimum Gasteiger partial charge on any atom is -0.448 e. The van der Waals surface area contributed by atoms with Gasteiger partial charge in [-0.2, -0.15) is 0 Å². The highest BCUT2D eigenvalue weighted by molar-refractivity contribution is 7.98. The highest BCUT2D eigenvalue weighted by Crippen LogP contribution is 2.32. The number of hydrogen-bond donors (Lipinski definition) is 2. The molecule has 1 aliphatic carbocycles. The number of hydrogen-bond acceptors (Lipinski definition) is 6. The number of para-hydroxylation sites is 1. The van der Waals surface area contributed by atoms with Gasteiger partial charge in [-0.15, -0.1) is 0 Å². The zero-order chi connectivity index (χ0) is 20.6. The van der Waals surface area contributed by atoms with Crippen LogP contribution in [0, 0.1) is 0 Å². The molecule has 1 aromatic heterocycles. The minimum absolute atomic E-state index is 0.121. The standard InChI is InChI=1S/C20H20N4O2S.C2H6/c1-13-6-2-3-7-14(13)15(20-21-10-11-26-20)12-22-19(25)18-23-16-8-4-5-9-17(16)27-24-18;1-2/h3-5,7-11,15H,2,6,12H2,1H3,(H,22,25)(H,23,24);1-2H3. The Balaban J connectivity index is 0.00000117. The van der Waals surface area contributed by atoms with E-state index >= 15 is 0 Å². The molecule has 1 aromatic carbocycles. The molecule has 0 spiro atoms. The maximum absolute atomic E-state index is 12.6. The molecule has 2 N–H and O–H groups in total. The number of amidine groups is 1. The molecule has 0 bridgehead atoms. The van der Waals surface area contributed by atoms with Gasteiger partial charge < -0.3 is 14.5 Å². The molecule has 2 aliphatic rings. The number of carbonyl (C=O) groups excluding carboxylic acids is 1. The van der Waals surface area contributed by atoms with Crippen molar-refractivity contribution in [2.24, 2.45) is 4.99 Å². The molecule has 7 heteroatoms. The Morgan fingerprint density at radius 3 is 2.93 bits per heavy atom. The first kappa shape index (κ1) is 20.9. The van der Waals surface area contributed by atoms with E-state index in [1.807, 2.05) is 38.1 Å². The zero-order valence-electron chi connectivity index (χ0n) is 16.9. The number of nitrogens with zero attached hydrogens (tertiary/aromatic N) is 2. The van der Waals surface area contributed by atoms with E-state index in [0.29, 0.717) is 18.3 Å². The molecule has 29 heavy (non-hydrogen) atoms. The first-order valence-corrected chi connectivity index (χ1v) is 10.7. The first-order valence-electron chi connectivity index (χ1n) is 9.86. The SMILES string of the molecule is CC.CC1=C(C(CNC(=O)C2=Nc3ccccc3SN2)c2ncco2)C=CCC1. The van der Waals surface area contributed by atoms with Crippen molar-refractivity contribution in [2.75, 3.05) is 6.54 Å². The lowest BCUT2D eigenvalue weighted by Gasteiger charge is -2.22. The Morgan fingerprint density at radius 1 is 1.34 bits per heavy atom. The largest absolute Gasteiger partial charge is 0.448 e. The van der Waals surface area contributed by atoms with Gasteiger partial charge in [0.15, 0.2) is 0 Å². The lowest BCUT2D eigenvalue weighted by Crippen LogP contribution is -2.40. The van der Waals surface area contributed by atoms with Crippen molar-refractivity contribution in [2.45, 2.75) is 44.4 Å². The third-order valence-electron chi connectivity index (χ3n) is 4.64. The van der Waals surface area contributed by atoms with Gasteiger partial charge in [-0.1, -0.05) is 43.7 Å². The van der Waals surface area contributed by atoms with E-state index in [2.05, 4.69) is 39.1 Å². The summed E-state index contributed by atoms with van der Waals surface area (Å²) in [5.74, 6) is 0.542. The second-order valence-electron chi connectivity index (χ2n) is 6.44. The van der Waals surface area contributed by atoms with Gasteiger partial charge in [-0.3, -0.25) is 4.79 Å². The van der Waals surface area contributed by atoms with Gasteiger partial charge in [-0.25, -0.2) is 9.98 Å². The van der Waals surface area contributed by atoms with E-state index < -0.39 is 0 Å². The molecular weight excluding hydrogens is 384 g/mol. The number of aromatic nitrogens is 1. The van der Waals surface area contributed by atoms with Crippen LogP contribution in [0.2, 0.25) is 0 Å². The van der Waals surface area contributed by atoms with Crippen molar-refractivity contribution in [1.82, 2.24) is 15.0 Å². The summed E-state index contributed by atoms with van der Waals surface area (Å²) in [7, 11) is 0. The van der Waals surface area contributed by atoms with Crippen LogP contribution < -0.4 is 10.0 Å². The Morgan fingerprint density at radius 2 is 2.17 bits per heavy atom. The molecule has 0 saturated carbocycles. The predicted molar refractivity (Wildman–Crippen MR) is 117 cm³/mol. The fraction of sp³-hybridized carbons (Fsp3) is 0.318. The maximum atomic E-state index is 12.6. The Hall–Kier alpha value is -2.80. The summed E-state index contributed by atoms with van der Waals surface area (Å²) in [6.07, 6.45) is 9.51. The van der Waals surface area contributed by atoms with Crippen LogP contribution in [0.15, 0.2) is 74.3 Å². The second kappa shape index (κ2) is 10.1. The zero-order valence-corrected chi connectivity index (χ0v) is 17.8. The molecule has 1 amide bonds. The Bertz CT molecular complexity index is 932. The van der Waals surface area contributed by atoms with Gasteiger partial charge in [0.25, 0.3) is 5.91 Å². The molecule has 152 valence electrons. The fourth-order valence-corrected chi connectivity index (χ4v) is 3.92. The van der Waals surface area contributed by atoms with Crippen molar-refractivity contribution >= 4 is 29.4 Å². The number of allylic oxidation sites excluding steroid dienone is 3. The summed E-state index contributed by atoms with van der Waals surface area (Å²) in [5, 5.41) is 2.98. The predicted octanol–water partition coefficient (Wildman–Crippen LogP) is 4.91. The Labute approximate surface area is 175 Å². The number of oxazole rings is 1. The molecule has 4 rings (SSSR count). The third-order valence-corrected chi connectivity index (χ3v) is 5.50. The number of amides is 1. The van der Waals surface area contributed by atoms with Crippen molar-refractivity contribution in [3.8, 4) is 0 Å². The van der Waals surface area contributed by atoms with Gasteiger partial charge in [0.1, 0.15) is 6.26 Å². The van der Waals surface area contributed by atoms with Gasteiger partial charge in [-0.05, 0) is 49.4 Å². The third kappa shape index (κ3) is 4.98. The van der Waals surface area contributed by atoms with Crippen molar-refractivity contribution in [3.05, 3.63) is 65.9 Å². The first-order chi connectivity index (χ1) is 14.2. The highest BCUT2D eigenvalue weighted by Gasteiger charge is 2.25. The van der Waals surface area contributed by atoms with Crippen LogP contribution in [0.4, 0.5) is 5.69 Å². The number of fused-ring (bicyclic) bond motifs is 1. The van der Waals surface area contributed by atoms with Crippen molar-refractivity contribution < 1.29 is 9.21 Å². The lowest BCUT2D eigenvalue weighted by molar-refractivity contribution is -0.115. The van der Waals surface area contributed by atoms with E-state index in [4.69, 9.17) is 4.42 Å². The number of aliphatic imine (C=N–C) groups is 1. The van der Waals surface area contributed by atoms with Gasteiger partial charge in [0.2, 0.25) is 11.7 Å². The van der Waals surface area contributed by atoms with Crippen molar-refractivity contribution in [1.29, 1.82) is 0 Å². The number of benzene rings is 1. The van der Waals surface area contributed by atoms with E-state index in [9.17, 15) is 4.79 Å². The van der Waals surface area contributed by atoms with Crippen LogP contribution in [0.5, 0.6) is 0 Å². The van der Waals surface area contributed by atoms with Crippen LogP contribution in [-0.4, -0.2) is 23.3 Å². The van der Waals surface area contributed by atoms with Gasteiger partial charge in [0, 0.05) is 6.54 Å². The monoisotopic (exact) mass is 410 g/mol. The average Bonchev–Trinajstić information content (AvgIpc) is 3.30.